The third kappa shape index (κ3) is 3.82. The minimum Gasteiger partial charge on any atom is -0.305 e. The molecule has 4 rings (SSSR count). The molecule has 0 spiro atoms. The quantitative estimate of drug-likeness (QED) is 0.539. The van der Waals surface area contributed by atoms with Crippen LogP contribution in [-0.4, -0.2) is 25.5 Å². The van der Waals surface area contributed by atoms with Crippen LogP contribution in [0, 0.1) is 6.92 Å². The predicted octanol–water partition coefficient (Wildman–Crippen LogP) is 4.74. The van der Waals surface area contributed by atoms with E-state index in [-0.39, 0.29) is 11.8 Å². The van der Waals surface area contributed by atoms with Crippen molar-refractivity contribution in [1.29, 1.82) is 0 Å². The van der Waals surface area contributed by atoms with Gasteiger partial charge in [-0.25, -0.2) is 9.36 Å². The molecule has 0 saturated heterocycles. The number of anilines is 1. The molecule has 0 unspecified atom stereocenters. The van der Waals surface area contributed by atoms with Gasteiger partial charge in [0.05, 0.1) is 28.8 Å². The van der Waals surface area contributed by atoms with E-state index in [0.29, 0.717) is 11.4 Å². The van der Waals surface area contributed by atoms with Crippen molar-refractivity contribution in [3.8, 4) is 11.4 Å². The first-order chi connectivity index (χ1) is 14.0. The van der Waals surface area contributed by atoms with Gasteiger partial charge in [0.15, 0.2) is 5.82 Å². The molecule has 6 heteroatoms. The molecule has 6 nitrogen and oxygen atoms in total. The fourth-order valence-corrected chi connectivity index (χ4v) is 3.28. The van der Waals surface area contributed by atoms with Gasteiger partial charge in [0.2, 0.25) is 0 Å². The largest absolute Gasteiger partial charge is 0.305 e. The number of hydrogen-bond acceptors (Lipinski definition) is 3. The van der Waals surface area contributed by atoms with Gasteiger partial charge in [-0.3, -0.25) is 4.79 Å². The molecule has 0 aliphatic carbocycles. The minimum atomic E-state index is -0.217. The molecule has 2 heterocycles. The van der Waals surface area contributed by atoms with E-state index >= 15 is 0 Å². The first kappa shape index (κ1) is 18.7. The van der Waals surface area contributed by atoms with Crippen LogP contribution in [0.5, 0.6) is 0 Å². The Bertz CT molecular complexity index is 1120. The number of benzene rings is 2. The van der Waals surface area contributed by atoms with Crippen LogP contribution in [0.15, 0.2) is 73.1 Å². The summed E-state index contributed by atoms with van der Waals surface area (Å²) in [5.74, 6) is 0.406. The number of amides is 1. The highest BCUT2D eigenvalue weighted by molar-refractivity contribution is 6.04. The molecule has 0 saturated carbocycles. The Kier molecular flexibility index (Phi) is 4.99. The normalized spacial score (nSPS) is 11.0. The molecule has 0 fully saturated rings. The standard InChI is InChI=1S/C23H23N5O/c1-16(2)22-20(15-24-28(22)19-11-9-17(3)10-12-19)23(29)25-21-13-14-27(26-21)18-7-5-4-6-8-18/h4-16H,1-3H3,(H,25,26,29). The predicted molar refractivity (Wildman–Crippen MR) is 114 cm³/mol. The third-order valence-electron chi connectivity index (χ3n) is 4.73. The van der Waals surface area contributed by atoms with E-state index in [4.69, 9.17) is 0 Å². The van der Waals surface area contributed by atoms with Gasteiger partial charge in [0.25, 0.3) is 5.91 Å². The van der Waals surface area contributed by atoms with Gasteiger partial charge >= 0.3 is 0 Å². The van der Waals surface area contributed by atoms with Crippen molar-refractivity contribution in [3.63, 3.8) is 0 Å². The first-order valence-electron chi connectivity index (χ1n) is 9.60. The summed E-state index contributed by atoms with van der Waals surface area (Å²) in [4.78, 5) is 13.0. The summed E-state index contributed by atoms with van der Waals surface area (Å²) in [6.45, 7) is 6.16. The highest BCUT2D eigenvalue weighted by Crippen LogP contribution is 2.24. The number of para-hydroxylation sites is 1. The van der Waals surface area contributed by atoms with Gasteiger partial charge < -0.3 is 5.32 Å². The topological polar surface area (TPSA) is 64.7 Å². The Morgan fingerprint density at radius 1 is 0.966 bits per heavy atom. The van der Waals surface area contributed by atoms with E-state index in [0.717, 1.165) is 17.1 Å². The van der Waals surface area contributed by atoms with Crippen LogP contribution in [0.25, 0.3) is 11.4 Å². The van der Waals surface area contributed by atoms with Crippen LogP contribution in [0.1, 0.15) is 41.4 Å². The molecule has 1 N–H and O–H groups in total. The summed E-state index contributed by atoms with van der Waals surface area (Å²) in [6.07, 6.45) is 3.45. The van der Waals surface area contributed by atoms with Crippen LogP contribution in [0.3, 0.4) is 0 Å². The van der Waals surface area contributed by atoms with Gasteiger partial charge in [0, 0.05) is 12.3 Å². The number of aromatic nitrogens is 4. The molecule has 29 heavy (non-hydrogen) atoms. The lowest BCUT2D eigenvalue weighted by molar-refractivity contribution is 0.102. The van der Waals surface area contributed by atoms with Crippen LogP contribution < -0.4 is 5.32 Å². The summed E-state index contributed by atoms with van der Waals surface area (Å²) >= 11 is 0. The highest BCUT2D eigenvalue weighted by Gasteiger charge is 2.21. The van der Waals surface area contributed by atoms with Crippen molar-refractivity contribution in [2.24, 2.45) is 0 Å². The van der Waals surface area contributed by atoms with E-state index < -0.39 is 0 Å². The zero-order chi connectivity index (χ0) is 20.4. The highest BCUT2D eigenvalue weighted by atomic mass is 16.1. The van der Waals surface area contributed by atoms with Gasteiger partial charge in [-0.05, 0) is 37.1 Å². The summed E-state index contributed by atoms with van der Waals surface area (Å²) in [6, 6.07) is 19.7. The van der Waals surface area contributed by atoms with Crippen molar-refractivity contribution >= 4 is 11.7 Å². The van der Waals surface area contributed by atoms with Crippen LogP contribution in [-0.2, 0) is 0 Å². The number of aryl methyl sites for hydroxylation is 1. The molecule has 2 aromatic heterocycles. The molecule has 0 atom stereocenters. The number of carbonyl (C=O) groups is 1. The summed E-state index contributed by atoms with van der Waals surface area (Å²) in [7, 11) is 0. The molecule has 0 bridgehead atoms. The molecule has 0 aliphatic heterocycles. The Morgan fingerprint density at radius 3 is 2.38 bits per heavy atom. The van der Waals surface area contributed by atoms with Gasteiger partial charge in [0.1, 0.15) is 0 Å². The van der Waals surface area contributed by atoms with Gasteiger partial charge in [-0.15, -0.1) is 0 Å². The second-order valence-electron chi connectivity index (χ2n) is 7.28. The van der Waals surface area contributed by atoms with Crippen LogP contribution in [0.2, 0.25) is 0 Å². The molecule has 146 valence electrons. The second kappa shape index (κ2) is 7.75. The van der Waals surface area contributed by atoms with E-state index in [9.17, 15) is 4.79 Å². The molecule has 2 aromatic carbocycles. The molecular formula is C23H23N5O. The maximum atomic E-state index is 13.0. The van der Waals surface area contributed by atoms with Crippen molar-refractivity contribution in [2.45, 2.75) is 26.7 Å². The molecule has 4 aromatic rings. The molecular weight excluding hydrogens is 362 g/mol. The maximum Gasteiger partial charge on any atom is 0.260 e. The Labute approximate surface area is 169 Å². The van der Waals surface area contributed by atoms with Crippen molar-refractivity contribution in [3.05, 3.63) is 89.9 Å². The first-order valence-corrected chi connectivity index (χ1v) is 9.60. The third-order valence-corrected chi connectivity index (χ3v) is 4.73. The van der Waals surface area contributed by atoms with Crippen LogP contribution >= 0.6 is 0 Å². The fourth-order valence-electron chi connectivity index (χ4n) is 3.28. The maximum absolute atomic E-state index is 13.0. The van der Waals surface area contributed by atoms with E-state index in [1.165, 1.54) is 5.56 Å². The van der Waals surface area contributed by atoms with Gasteiger partial charge in [-0.2, -0.15) is 10.2 Å². The van der Waals surface area contributed by atoms with E-state index in [1.54, 1.807) is 16.9 Å². The second-order valence-corrected chi connectivity index (χ2v) is 7.28. The number of nitrogens with one attached hydrogen (secondary N) is 1. The molecule has 1 amide bonds. The summed E-state index contributed by atoms with van der Waals surface area (Å²) in [5.41, 5.74) is 4.47. The van der Waals surface area contributed by atoms with E-state index in [1.807, 2.05) is 72.4 Å². The number of nitrogens with zero attached hydrogens (tertiary/aromatic N) is 4. The number of hydrogen-bond donors (Lipinski definition) is 1. The number of carbonyl (C=O) groups excluding carboxylic acids is 1. The minimum absolute atomic E-state index is 0.126. The van der Waals surface area contributed by atoms with Crippen molar-refractivity contribution < 1.29 is 4.79 Å². The fraction of sp³-hybridized carbons (Fsp3) is 0.174. The van der Waals surface area contributed by atoms with Gasteiger partial charge in [-0.1, -0.05) is 49.7 Å². The summed E-state index contributed by atoms with van der Waals surface area (Å²) < 4.78 is 3.57. The van der Waals surface area contributed by atoms with Crippen LogP contribution in [0.4, 0.5) is 5.82 Å². The SMILES string of the molecule is Cc1ccc(-n2ncc(C(=O)Nc3ccn(-c4ccccc4)n3)c2C(C)C)cc1. The number of rotatable bonds is 5. The monoisotopic (exact) mass is 385 g/mol. The lowest BCUT2D eigenvalue weighted by Crippen LogP contribution is -2.16. The van der Waals surface area contributed by atoms with Crippen molar-refractivity contribution in [1.82, 2.24) is 19.6 Å². The van der Waals surface area contributed by atoms with E-state index in [2.05, 4.69) is 29.4 Å². The Morgan fingerprint density at radius 2 is 1.69 bits per heavy atom. The lowest BCUT2D eigenvalue weighted by Gasteiger charge is -2.13. The lowest BCUT2D eigenvalue weighted by atomic mass is 10.0. The average Bonchev–Trinajstić information content (AvgIpc) is 3.36. The smallest absolute Gasteiger partial charge is 0.260 e. The summed E-state index contributed by atoms with van der Waals surface area (Å²) in [5, 5.41) is 11.8. The molecule has 0 radical (unpaired) electrons. The molecule has 0 aliphatic rings. The van der Waals surface area contributed by atoms with Crippen molar-refractivity contribution in [2.75, 3.05) is 5.32 Å². The average molecular weight is 385 g/mol. The zero-order valence-electron chi connectivity index (χ0n) is 16.7. The zero-order valence-corrected chi connectivity index (χ0v) is 16.7. The Hall–Kier alpha value is -3.67. The Balaban J connectivity index is 1.61.